The van der Waals surface area contributed by atoms with E-state index in [1.807, 2.05) is 19.9 Å². The van der Waals surface area contributed by atoms with Crippen LogP contribution in [0.3, 0.4) is 0 Å². The van der Waals surface area contributed by atoms with Gasteiger partial charge in [0, 0.05) is 23.8 Å². The van der Waals surface area contributed by atoms with Crippen molar-refractivity contribution in [3.8, 4) is 28.7 Å². The molecule has 1 heterocycles. The number of ether oxygens (including phenoxy) is 3. The van der Waals surface area contributed by atoms with Crippen molar-refractivity contribution in [2.24, 2.45) is 0 Å². The van der Waals surface area contributed by atoms with Crippen LogP contribution < -0.4 is 14.2 Å². The second kappa shape index (κ2) is 7.84. The molecule has 1 atom stereocenters. The fourth-order valence-corrected chi connectivity index (χ4v) is 3.27. The molecule has 2 N–H and O–H groups in total. The van der Waals surface area contributed by atoms with E-state index in [1.54, 1.807) is 12.1 Å². The molecule has 2 aromatic carbocycles. The summed E-state index contributed by atoms with van der Waals surface area (Å²) in [5, 5.41) is 20.6. The molecule has 0 radical (unpaired) electrons. The van der Waals surface area contributed by atoms with Gasteiger partial charge in [0.1, 0.15) is 40.9 Å². The van der Waals surface area contributed by atoms with Gasteiger partial charge in [-0.2, -0.15) is 0 Å². The Hall–Kier alpha value is -3.15. The van der Waals surface area contributed by atoms with Gasteiger partial charge in [-0.05, 0) is 31.9 Å². The molecule has 0 fully saturated rings. The number of allylic oxidation sites excluding steroid dienone is 2. The average Bonchev–Trinajstić information content (AvgIpc) is 2.66. The van der Waals surface area contributed by atoms with Crippen LogP contribution in [0.15, 0.2) is 35.9 Å². The summed E-state index contributed by atoms with van der Waals surface area (Å²) < 4.78 is 16.3. The minimum atomic E-state index is -0.659. The summed E-state index contributed by atoms with van der Waals surface area (Å²) in [5.74, 6) is 0.0966. The molecule has 6 heteroatoms. The molecule has 6 nitrogen and oxygen atoms in total. The van der Waals surface area contributed by atoms with E-state index in [9.17, 15) is 15.0 Å². The summed E-state index contributed by atoms with van der Waals surface area (Å²) in [6.45, 7) is 4.06. The number of phenols is 2. The summed E-state index contributed by atoms with van der Waals surface area (Å²) in [6.07, 6.45) is 2.53. The zero-order chi connectivity index (χ0) is 20.4. The Kier molecular flexibility index (Phi) is 5.49. The Balaban J connectivity index is 2.05. The highest BCUT2D eigenvalue weighted by Gasteiger charge is 2.35. The number of rotatable bonds is 5. The van der Waals surface area contributed by atoms with Crippen molar-refractivity contribution in [2.75, 3.05) is 20.8 Å². The van der Waals surface area contributed by atoms with Crippen LogP contribution in [0.25, 0.3) is 0 Å². The quantitative estimate of drug-likeness (QED) is 0.759. The van der Waals surface area contributed by atoms with E-state index in [0.717, 1.165) is 5.57 Å². The minimum absolute atomic E-state index is 0.0989. The second-order valence-electron chi connectivity index (χ2n) is 6.96. The first-order valence-electron chi connectivity index (χ1n) is 8.96. The third kappa shape index (κ3) is 3.63. The first-order valence-corrected chi connectivity index (χ1v) is 8.96. The van der Waals surface area contributed by atoms with Gasteiger partial charge in [0.25, 0.3) is 0 Å². The van der Waals surface area contributed by atoms with Gasteiger partial charge >= 0.3 is 0 Å². The van der Waals surface area contributed by atoms with Gasteiger partial charge in [0.15, 0.2) is 5.78 Å². The fourth-order valence-electron chi connectivity index (χ4n) is 3.27. The van der Waals surface area contributed by atoms with Crippen LogP contribution in [0.5, 0.6) is 28.7 Å². The van der Waals surface area contributed by atoms with Crippen molar-refractivity contribution in [2.45, 2.75) is 26.2 Å². The van der Waals surface area contributed by atoms with E-state index < -0.39 is 5.92 Å². The number of hydrogen-bond donors (Lipinski definition) is 2. The Morgan fingerprint density at radius 1 is 1.14 bits per heavy atom. The van der Waals surface area contributed by atoms with Crippen molar-refractivity contribution >= 4 is 5.78 Å². The van der Waals surface area contributed by atoms with Crippen LogP contribution in [-0.2, 0) is 6.42 Å². The molecule has 148 valence electrons. The molecule has 3 rings (SSSR count). The van der Waals surface area contributed by atoms with Crippen LogP contribution in [0, 0.1) is 0 Å². The zero-order valence-corrected chi connectivity index (χ0v) is 16.4. The summed E-state index contributed by atoms with van der Waals surface area (Å²) in [5.41, 5.74) is 2.55. The highest BCUT2D eigenvalue weighted by Crippen LogP contribution is 2.43. The normalized spacial score (nSPS) is 15.4. The van der Waals surface area contributed by atoms with Crippen molar-refractivity contribution in [1.29, 1.82) is 0 Å². The lowest BCUT2D eigenvalue weighted by Gasteiger charge is -2.27. The van der Waals surface area contributed by atoms with Gasteiger partial charge in [0.2, 0.25) is 0 Å². The SMILES string of the molecule is COc1cc(O)c2c(c1)OCC(c1cc(CC=C(C)C)c(O)cc1OC)C2=O. The number of Topliss-reactive ketones (excluding diaryl/α,β-unsaturated/α-hetero) is 1. The number of benzene rings is 2. The number of carbonyl (C=O) groups is 1. The molecule has 0 bridgehead atoms. The Morgan fingerprint density at radius 2 is 1.89 bits per heavy atom. The number of fused-ring (bicyclic) bond motifs is 1. The van der Waals surface area contributed by atoms with Crippen LogP contribution in [-0.4, -0.2) is 36.8 Å². The molecule has 28 heavy (non-hydrogen) atoms. The van der Waals surface area contributed by atoms with E-state index >= 15 is 0 Å². The van der Waals surface area contributed by atoms with Crippen molar-refractivity contribution < 1.29 is 29.2 Å². The van der Waals surface area contributed by atoms with Crippen LogP contribution in [0.4, 0.5) is 0 Å². The molecule has 1 unspecified atom stereocenters. The highest BCUT2D eigenvalue weighted by molar-refractivity contribution is 6.07. The number of hydrogen-bond acceptors (Lipinski definition) is 6. The van der Waals surface area contributed by atoms with Gasteiger partial charge in [-0.3, -0.25) is 4.79 Å². The standard InChI is InChI=1S/C22H24O6/c1-12(2)5-6-13-7-15(19(27-4)10-17(13)23)16-11-28-20-9-14(26-3)8-18(24)21(20)22(16)25/h5,7-10,16,23-24H,6,11H2,1-4H3. The molecule has 0 saturated heterocycles. The van der Waals surface area contributed by atoms with E-state index in [0.29, 0.717) is 34.8 Å². The van der Waals surface area contributed by atoms with E-state index in [4.69, 9.17) is 14.2 Å². The highest BCUT2D eigenvalue weighted by atomic mass is 16.5. The first-order chi connectivity index (χ1) is 13.3. The van der Waals surface area contributed by atoms with Crippen LogP contribution >= 0.6 is 0 Å². The second-order valence-corrected chi connectivity index (χ2v) is 6.96. The maximum Gasteiger partial charge on any atom is 0.181 e. The molecule has 2 aromatic rings. The number of methoxy groups -OCH3 is 2. The van der Waals surface area contributed by atoms with Gasteiger partial charge < -0.3 is 24.4 Å². The summed E-state index contributed by atoms with van der Waals surface area (Å²) in [6, 6.07) is 6.25. The number of phenolic OH excluding ortho intramolecular Hbond substituents is 2. The largest absolute Gasteiger partial charge is 0.508 e. The third-order valence-corrected chi connectivity index (χ3v) is 4.80. The van der Waals surface area contributed by atoms with Crippen molar-refractivity contribution in [1.82, 2.24) is 0 Å². The molecule has 0 aromatic heterocycles. The lowest BCUT2D eigenvalue weighted by molar-refractivity contribution is 0.0889. The minimum Gasteiger partial charge on any atom is -0.508 e. The summed E-state index contributed by atoms with van der Waals surface area (Å²) in [4.78, 5) is 13.2. The molecule has 1 aliphatic heterocycles. The fraction of sp³-hybridized carbons (Fsp3) is 0.318. The summed E-state index contributed by atoms with van der Waals surface area (Å²) in [7, 11) is 2.96. The predicted octanol–water partition coefficient (Wildman–Crippen LogP) is 3.98. The molecule has 0 spiro atoms. The monoisotopic (exact) mass is 384 g/mol. The molecular weight excluding hydrogens is 360 g/mol. The lowest BCUT2D eigenvalue weighted by atomic mass is 9.86. The van der Waals surface area contributed by atoms with E-state index in [1.165, 1.54) is 26.4 Å². The van der Waals surface area contributed by atoms with Gasteiger partial charge in [-0.25, -0.2) is 0 Å². The Bertz CT molecular complexity index is 941. The number of ketones is 1. The number of aromatic hydroxyl groups is 2. The topological polar surface area (TPSA) is 85.2 Å². The average molecular weight is 384 g/mol. The zero-order valence-electron chi connectivity index (χ0n) is 16.4. The maximum atomic E-state index is 13.2. The predicted molar refractivity (Wildman–Crippen MR) is 105 cm³/mol. The van der Waals surface area contributed by atoms with E-state index in [2.05, 4.69) is 0 Å². The van der Waals surface area contributed by atoms with Crippen LogP contribution in [0.2, 0.25) is 0 Å². The summed E-state index contributed by atoms with van der Waals surface area (Å²) >= 11 is 0. The molecule has 1 aliphatic rings. The first kappa shape index (κ1) is 19.6. The smallest absolute Gasteiger partial charge is 0.181 e. The molecule has 0 aliphatic carbocycles. The molecule has 0 saturated carbocycles. The maximum absolute atomic E-state index is 13.2. The number of carbonyl (C=O) groups excluding carboxylic acids is 1. The molecule has 0 amide bonds. The Morgan fingerprint density at radius 3 is 2.54 bits per heavy atom. The van der Waals surface area contributed by atoms with Gasteiger partial charge in [0.05, 0.1) is 20.1 Å². The Labute approximate surface area is 164 Å². The molecular formula is C22H24O6. The van der Waals surface area contributed by atoms with Gasteiger partial charge in [-0.1, -0.05) is 11.6 Å². The van der Waals surface area contributed by atoms with Crippen molar-refractivity contribution in [3.05, 3.63) is 52.6 Å². The van der Waals surface area contributed by atoms with Crippen molar-refractivity contribution in [3.63, 3.8) is 0 Å². The van der Waals surface area contributed by atoms with Crippen LogP contribution in [0.1, 0.15) is 41.3 Å². The third-order valence-electron chi connectivity index (χ3n) is 4.80. The van der Waals surface area contributed by atoms with E-state index in [-0.39, 0.29) is 29.5 Å². The lowest BCUT2D eigenvalue weighted by Crippen LogP contribution is -2.26. The van der Waals surface area contributed by atoms with Gasteiger partial charge in [-0.15, -0.1) is 0 Å².